The number of rotatable bonds is 2. The van der Waals surface area contributed by atoms with Crippen LogP contribution in [0.3, 0.4) is 0 Å². The Morgan fingerprint density at radius 2 is 1.80 bits per heavy atom. The molecule has 0 radical (unpaired) electrons. The Kier molecular flexibility index (Phi) is 3.54. The van der Waals surface area contributed by atoms with Crippen molar-refractivity contribution >= 4 is 50.6 Å². The first-order valence-corrected chi connectivity index (χ1v) is 7.24. The van der Waals surface area contributed by atoms with Crippen molar-refractivity contribution in [2.45, 2.75) is 0 Å². The van der Waals surface area contributed by atoms with E-state index in [1.807, 2.05) is 0 Å². The lowest BCUT2D eigenvalue weighted by Gasteiger charge is -2.06. The third-order valence-electron chi connectivity index (χ3n) is 2.87. The SMILES string of the molecule is O=C(c1ccc2nc(Br)cn2c1)c1c(Cl)cccc1Cl. The van der Waals surface area contributed by atoms with Crippen molar-refractivity contribution in [2.24, 2.45) is 0 Å². The van der Waals surface area contributed by atoms with Gasteiger partial charge in [0.05, 0.1) is 15.6 Å². The minimum Gasteiger partial charge on any atom is -0.305 e. The molecule has 0 bridgehead atoms. The van der Waals surface area contributed by atoms with Crippen LogP contribution in [0.15, 0.2) is 47.3 Å². The smallest absolute Gasteiger partial charge is 0.197 e. The highest BCUT2D eigenvalue weighted by Crippen LogP contribution is 2.27. The van der Waals surface area contributed by atoms with E-state index < -0.39 is 0 Å². The lowest BCUT2D eigenvalue weighted by atomic mass is 10.0. The Balaban J connectivity index is 2.12. The monoisotopic (exact) mass is 368 g/mol. The molecule has 0 saturated carbocycles. The Morgan fingerprint density at radius 3 is 2.50 bits per heavy atom. The van der Waals surface area contributed by atoms with Gasteiger partial charge in [0.15, 0.2) is 5.78 Å². The topological polar surface area (TPSA) is 34.4 Å². The molecule has 0 unspecified atom stereocenters. The van der Waals surface area contributed by atoms with Crippen LogP contribution in [0.25, 0.3) is 5.65 Å². The molecule has 0 aliphatic rings. The van der Waals surface area contributed by atoms with Gasteiger partial charge in [-0.05, 0) is 40.2 Å². The number of fused-ring (bicyclic) bond motifs is 1. The van der Waals surface area contributed by atoms with E-state index in [1.165, 1.54) is 0 Å². The summed E-state index contributed by atoms with van der Waals surface area (Å²) in [5.41, 5.74) is 1.56. The molecule has 0 aliphatic heterocycles. The Bertz CT molecular complexity index is 809. The minimum absolute atomic E-state index is 0.215. The van der Waals surface area contributed by atoms with Gasteiger partial charge in [-0.3, -0.25) is 4.79 Å². The van der Waals surface area contributed by atoms with Crippen LogP contribution in [-0.4, -0.2) is 15.2 Å². The third-order valence-corrected chi connectivity index (χ3v) is 3.89. The standard InChI is InChI=1S/C14H7BrCl2N2O/c15-11-7-19-6-8(4-5-12(19)18-11)14(20)13-9(16)2-1-3-10(13)17/h1-7H. The van der Waals surface area contributed by atoms with Crippen molar-refractivity contribution in [1.82, 2.24) is 9.38 Å². The van der Waals surface area contributed by atoms with Gasteiger partial charge in [-0.15, -0.1) is 0 Å². The van der Waals surface area contributed by atoms with Crippen LogP contribution in [0.1, 0.15) is 15.9 Å². The van der Waals surface area contributed by atoms with Crippen molar-refractivity contribution in [2.75, 3.05) is 0 Å². The average molecular weight is 370 g/mol. The van der Waals surface area contributed by atoms with E-state index in [2.05, 4.69) is 20.9 Å². The van der Waals surface area contributed by atoms with Gasteiger partial charge < -0.3 is 4.40 Å². The van der Waals surface area contributed by atoms with Crippen LogP contribution < -0.4 is 0 Å². The van der Waals surface area contributed by atoms with Crippen LogP contribution in [0.4, 0.5) is 0 Å². The molecule has 0 aliphatic carbocycles. The maximum absolute atomic E-state index is 12.5. The quantitative estimate of drug-likeness (QED) is 0.617. The van der Waals surface area contributed by atoms with Gasteiger partial charge in [0.1, 0.15) is 10.3 Å². The number of ketones is 1. The zero-order valence-corrected chi connectivity index (χ0v) is 13.1. The fraction of sp³-hybridized carbons (Fsp3) is 0. The molecule has 0 atom stereocenters. The average Bonchev–Trinajstić information content (AvgIpc) is 2.77. The molecule has 1 aromatic carbocycles. The number of carbonyl (C=O) groups excluding carboxylic acids is 1. The van der Waals surface area contributed by atoms with Crippen molar-refractivity contribution in [3.05, 3.63) is 68.5 Å². The number of halogens is 3. The van der Waals surface area contributed by atoms with Crippen molar-refractivity contribution in [3.63, 3.8) is 0 Å². The summed E-state index contributed by atoms with van der Waals surface area (Å²) < 4.78 is 2.47. The van der Waals surface area contributed by atoms with Gasteiger partial charge in [0.2, 0.25) is 0 Å². The molecular formula is C14H7BrCl2N2O. The Morgan fingerprint density at radius 1 is 1.10 bits per heavy atom. The zero-order chi connectivity index (χ0) is 14.3. The lowest BCUT2D eigenvalue weighted by Crippen LogP contribution is -2.04. The summed E-state index contributed by atoms with van der Waals surface area (Å²) >= 11 is 15.4. The highest BCUT2D eigenvalue weighted by Gasteiger charge is 2.17. The molecule has 3 rings (SSSR count). The maximum Gasteiger partial charge on any atom is 0.197 e. The molecule has 2 aromatic heterocycles. The molecule has 0 spiro atoms. The molecular weight excluding hydrogens is 363 g/mol. The first-order valence-electron chi connectivity index (χ1n) is 5.69. The van der Waals surface area contributed by atoms with Gasteiger partial charge in [0.25, 0.3) is 0 Å². The van der Waals surface area contributed by atoms with Crippen LogP contribution in [0.5, 0.6) is 0 Å². The summed E-state index contributed by atoms with van der Waals surface area (Å²) in [5, 5.41) is 0.684. The number of hydrogen-bond donors (Lipinski definition) is 0. The molecule has 0 N–H and O–H groups in total. The van der Waals surface area contributed by atoms with Gasteiger partial charge >= 0.3 is 0 Å². The first kappa shape index (κ1) is 13.6. The maximum atomic E-state index is 12.5. The number of aromatic nitrogens is 2. The molecule has 20 heavy (non-hydrogen) atoms. The molecule has 3 nitrogen and oxygen atoms in total. The van der Waals surface area contributed by atoms with Crippen molar-refractivity contribution in [3.8, 4) is 0 Å². The second-order valence-corrected chi connectivity index (χ2v) is 5.80. The summed E-state index contributed by atoms with van der Waals surface area (Å²) in [4.78, 5) is 16.8. The number of imidazole rings is 1. The van der Waals surface area contributed by atoms with Crippen LogP contribution >= 0.6 is 39.1 Å². The van der Waals surface area contributed by atoms with Gasteiger partial charge in [-0.25, -0.2) is 4.98 Å². The normalized spacial score (nSPS) is 10.9. The molecule has 2 heterocycles. The number of pyridine rings is 1. The predicted molar refractivity (Wildman–Crippen MR) is 82.8 cm³/mol. The van der Waals surface area contributed by atoms with E-state index in [9.17, 15) is 4.79 Å². The van der Waals surface area contributed by atoms with Gasteiger partial charge in [-0.2, -0.15) is 0 Å². The third kappa shape index (κ3) is 2.35. The van der Waals surface area contributed by atoms with E-state index in [1.54, 1.807) is 47.1 Å². The number of hydrogen-bond acceptors (Lipinski definition) is 2. The summed E-state index contributed by atoms with van der Waals surface area (Å²) in [5.74, 6) is -0.215. The molecule has 3 aromatic rings. The largest absolute Gasteiger partial charge is 0.305 e. The molecule has 6 heteroatoms. The minimum atomic E-state index is -0.215. The van der Waals surface area contributed by atoms with E-state index in [0.717, 1.165) is 5.65 Å². The summed E-state index contributed by atoms with van der Waals surface area (Å²) in [6.45, 7) is 0. The number of nitrogens with zero attached hydrogens (tertiary/aromatic N) is 2. The van der Waals surface area contributed by atoms with E-state index in [4.69, 9.17) is 23.2 Å². The predicted octanol–water partition coefficient (Wildman–Crippen LogP) is 4.63. The van der Waals surface area contributed by atoms with Crippen molar-refractivity contribution in [1.29, 1.82) is 0 Å². The summed E-state index contributed by atoms with van der Waals surface area (Å²) in [6, 6.07) is 8.47. The fourth-order valence-corrected chi connectivity index (χ4v) is 2.93. The molecule has 0 fully saturated rings. The van der Waals surface area contributed by atoms with E-state index in [-0.39, 0.29) is 5.78 Å². The highest BCUT2D eigenvalue weighted by molar-refractivity contribution is 9.10. The van der Waals surface area contributed by atoms with E-state index in [0.29, 0.717) is 25.8 Å². The van der Waals surface area contributed by atoms with Gasteiger partial charge in [0, 0.05) is 18.0 Å². The van der Waals surface area contributed by atoms with Crippen LogP contribution in [0.2, 0.25) is 10.0 Å². The van der Waals surface area contributed by atoms with Crippen LogP contribution in [0, 0.1) is 0 Å². The number of carbonyl (C=O) groups is 1. The Labute approximate surface area is 133 Å². The summed E-state index contributed by atoms with van der Waals surface area (Å²) in [6.07, 6.45) is 3.48. The lowest BCUT2D eigenvalue weighted by molar-refractivity contribution is 0.103. The van der Waals surface area contributed by atoms with E-state index >= 15 is 0 Å². The fourth-order valence-electron chi connectivity index (χ4n) is 1.95. The number of benzene rings is 1. The Hall–Kier alpha value is -1.36. The first-order chi connectivity index (χ1) is 9.56. The van der Waals surface area contributed by atoms with Gasteiger partial charge in [-0.1, -0.05) is 29.3 Å². The molecule has 0 saturated heterocycles. The highest BCUT2D eigenvalue weighted by atomic mass is 79.9. The van der Waals surface area contributed by atoms with Crippen LogP contribution in [-0.2, 0) is 0 Å². The zero-order valence-electron chi connectivity index (χ0n) is 9.98. The molecule has 0 amide bonds. The second kappa shape index (κ2) is 5.20. The summed E-state index contributed by atoms with van der Waals surface area (Å²) in [7, 11) is 0. The molecule has 100 valence electrons. The second-order valence-electron chi connectivity index (χ2n) is 4.17. The van der Waals surface area contributed by atoms with Crippen molar-refractivity contribution < 1.29 is 4.79 Å².